The van der Waals surface area contributed by atoms with Gasteiger partial charge < -0.3 is 0 Å². The van der Waals surface area contributed by atoms with Crippen LogP contribution < -0.4 is 5.43 Å². The lowest BCUT2D eigenvalue weighted by molar-refractivity contribution is -0.118. The summed E-state index contributed by atoms with van der Waals surface area (Å²) in [5, 5.41) is 15.7. The summed E-state index contributed by atoms with van der Waals surface area (Å²) in [6, 6.07) is 12.7. The molecule has 0 bridgehead atoms. The Morgan fingerprint density at radius 1 is 1.23 bits per heavy atom. The van der Waals surface area contributed by atoms with Crippen LogP contribution in [0.15, 0.2) is 52.0 Å². The number of benzene rings is 1. The van der Waals surface area contributed by atoms with Crippen LogP contribution in [0, 0.1) is 6.92 Å². The highest BCUT2D eigenvalue weighted by Crippen LogP contribution is 2.35. The number of nitrogens with zero attached hydrogens (tertiary/aromatic N) is 4. The number of aryl methyl sites for hydroxylation is 1. The zero-order valence-corrected chi connectivity index (χ0v) is 18.6. The van der Waals surface area contributed by atoms with Gasteiger partial charge in [0.05, 0.1) is 12.0 Å². The summed E-state index contributed by atoms with van der Waals surface area (Å²) < 4.78 is 2.25. The predicted octanol–water partition coefficient (Wildman–Crippen LogP) is 5.06. The average Bonchev–Trinajstić information content (AvgIpc) is 3.43. The van der Waals surface area contributed by atoms with Crippen molar-refractivity contribution in [3.63, 3.8) is 0 Å². The SMILES string of the molecule is Cc1ccc(-c2nnc(SCC(=O)N/N=C/c3cccs3)n2C2CCCCC2)cc1. The summed E-state index contributed by atoms with van der Waals surface area (Å²) in [6.07, 6.45) is 7.64. The summed E-state index contributed by atoms with van der Waals surface area (Å²) in [5.41, 5.74) is 4.88. The number of thiophene rings is 1. The van der Waals surface area contributed by atoms with Gasteiger partial charge in [0, 0.05) is 16.5 Å². The fourth-order valence-electron chi connectivity index (χ4n) is 3.64. The number of carbonyl (C=O) groups is 1. The molecule has 2 heterocycles. The number of nitrogens with one attached hydrogen (secondary N) is 1. The van der Waals surface area contributed by atoms with Crippen molar-refractivity contribution in [2.24, 2.45) is 5.10 Å². The van der Waals surface area contributed by atoms with Crippen molar-refractivity contribution in [3.8, 4) is 11.4 Å². The van der Waals surface area contributed by atoms with Crippen molar-refractivity contribution in [1.82, 2.24) is 20.2 Å². The van der Waals surface area contributed by atoms with Gasteiger partial charge >= 0.3 is 0 Å². The zero-order valence-electron chi connectivity index (χ0n) is 17.0. The molecule has 1 saturated carbocycles. The maximum atomic E-state index is 12.2. The molecule has 1 aliphatic rings. The molecule has 2 aromatic heterocycles. The van der Waals surface area contributed by atoms with E-state index in [0.717, 1.165) is 34.3 Å². The van der Waals surface area contributed by atoms with E-state index in [9.17, 15) is 4.79 Å². The molecular formula is C22H25N5OS2. The zero-order chi connectivity index (χ0) is 20.8. The smallest absolute Gasteiger partial charge is 0.250 e. The van der Waals surface area contributed by atoms with Crippen LogP contribution in [0.1, 0.15) is 48.6 Å². The predicted molar refractivity (Wildman–Crippen MR) is 123 cm³/mol. The van der Waals surface area contributed by atoms with Crippen molar-refractivity contribution in [1.29, 1.82) is 0 Å². The maximum absolute atomic E-state index is 12.2. The average molecular weight is 440 g/mol. The van der Waals surface area contributed by atoms with Crippen LogP contribution in [0.25, 0.3) is 11.4 Å². The van der Waals surface area contributed by atoms with Crippen LogP contribution in [-0.2, 0) is 4.79 Å². The largest absolute Gasteiger partial charge is 0.299 e. The fourth-order valence-corrected chi connectivity index (χ4v) is 5.02. The second-order valence-corrected chi connectivity index (χ2v) is 9.35. The standard InChI is InChI=1S/C22H25N5OS2/c1-16-9-11-17(12-10-16)21-25-26-22(27(21)18-6-3-2-4-7-18)30-15-20(28)24-23-14-19-8-5-13-29-19/h5,8-14,18H,2-4,6-7,15H2,1H3,(H,24,28)/b23-14+. The third kappa shape index (κ3) is 5.17. The van der Waals surface area contributed by atoms with Gasteiger partial charge in [0.25, 0.3) is 5.91 Å². The van der Waals surface area contributed by atoms with E-state index in [0.29, 0.717) is 6.04 Å². The molecule has 1 fully saturated rings. The molecule has 3 aromatic rings. The Hall–Kier alpha value is -2.45. The fraction of sp³-hybridized carbons (Fsp3) is 0.364. The molecule has 1 aromatic carbocycles. The highest BCUT2D eigenvalue weighted by atomic mass is 32.2. The first-order chi connectivity index (χ1) is 14.7. The molecule has 0 atom stereocenters. The number of hydrogen-bond donors (Lipinski definition) is 1. The normalized spacial score (nSPS) is 15.0. The lowest BCUT2D eigenvalue weighted by Crippen LogP contribution is -2.20. The first-order valence-corrected chi connectivity index (χ1v) is 12.1. The number of aromatic nitrogens is 3. The highest BCUT2D eigenvalue weighted by molar-refractivity contribution is 7.99. The van der Waals surface area contributed by atoms with E-state index in [2.05, 4.69) is 56.5 Å². The highest BCUT2D eigenvalue weighted by Gasteiger charge is 2.24. The van der Waals surface area contributed by atoms with Gasteiger partial charge in [0.1, 0.15) is 0 Å². The number of hydrazone groups is 1. The van der Waals surface area contributed by atoms with Gasteiger partial charge in [0.2, 0.25) is 0 Å². The van der Waals surface area contributed by atoms with E-state index in [1.54, 1.807) is 17.6 Å². The second kappa shape index (κ2) is 10.0. The van der Waals surface area contributed by atoms with Crippen molar-refractivity contribution in [2.75, 3.05) is 5.75 Å². The molecule has 30 heavy (non-hydrogen) atoms. The summed E-state index contributed by atoms with van der Waals surface area (Å²) in [7, 11) is 0. The topological polar surface area (TPSA) is 72.2 Å². The first kappa shape index (κ1) is 20.8. The Balaban J connectivity index is 1.48. The lowest BCUT2D eigenvalue weighted by atomic mass is 9.95. The Kier molecular flexibility index (Phi) is 6.96. The van der Waals surface area contributed by atoms with Gasteiger partial charge in [-0.05, 0) is 31.2 Å². The number of amides is 1. The maximum Gasteiger partial charge on any atom is 0.250 e. The van der Waals surface area contributed by atoms with Gasteiger partial charge in [-0.15, -0.1) is 21.5 Å². The Morgan fingerprint density at radius 2 is 2.03 bits per heavy atom. The van der Waals surface area contributed by atoms with Crippen molar-refractivity contribution >= 4 is 35.2 Å². The molecule has 8 heteroatoms. The number of carbonyl (C=O) groups excluding carboxylic acids is 1. The van der Waals surface area contributed by atoms with Crippen LogP contribution in [0.2, 0.25) is 0 Å². The molecule has 4 rings (SSSR count). The van der Waals surface area contributed by atoms with Crippen molar-refractivity contribution in [2.45, 2.75) is 50.2 Å². The third-order valence-corrected chi connectivity index (χ3v) is 6.92. The Bertz CT molecular complexity index is 989. The van der Waals surface area contributed by atoms with Gasteiger partial charge in [-0.1, -0.05) is 66.9 Å². The van der Waals surface area contributed by atoms with Gasteiger partial charge in [-0.2, -0.15) is 5.10 Å². The molecule has 0 aliphatic heterocycles. The molecule has 0 saturated heterocycles. The Morgan fingerprint density at radius 3 is 2.77 bits per heavy atom. The molecule has 1 N–H and O–H groups in total. The summed E-state index contributed by atoms with van der Waals surface area (Å²) in [6.45, 7) is 2.08. The van der Waals surface area contributed by atoms with E-state index < -0.39 is 0 Å². The van der Waals surface area contributed by atoms with Crippen molar-refractivity contribution < 1.29 is 4.79 Å². The first-order valence-electron chi connectivity index (χ1n) is 10.2. The van der Waals surface area contributed by atoms with Crippen LogP contribution in [-0.4, -0.2) is 32.6 Å². The molecule has 0 spiro atoms. The van der Waals surface area contributed by atoms with E-state index >= 15 is 0 Å². The van der Waals surface area contributed by atoms with Crippen molar-refractivity contribution in [3.05, 3.63) is 52.2 Å². The van der Waals surface area contributed by atoms with E-state index in [-0.39, 0.29) is 11.7 Å². The lowest BCUT2D eigenvalue weighted by Gasteiger charge is -2.25. The number of hydrogen-bond acceptors (Lipinski definition) is 6. The van der Waals surface area contributed by atoms with Gasteiger partial charge in [-0.25, -0.2) is 5.43 Å². The minimum atomic E-state index is -0.150. The second-order valence-electron chi connectivity index (χ2n) is 7.43. The molecule has 1 aliphatic carbocycles. The van der Waals surface area contributed by atoms with Crippen LogP contribution >= 0.6 is 23.1 Å². The van der Waals surface area contributed by atoms with Gasteiger partial charge in [-0.3, -0.25) is 9.36 Å². The molecule has 0 radical (unpaired) electrons. The van der Waals surface area contributed by atoms with E-state index in [1.807, 2.05) is 17.5 Å². The molecule has 1 amide bonds. The Labute approximate surface area is 184 Å². The van der Waals surface area contributed by atoms with Crippen LogP contribution in [0.4, 0.5) is 0 Å². The monoisotopic (exact) mass is 439 g/mol. The summed E-state index contributed by atoms with van der Waals surface area (Å²) in [4.78, 5) is 13.2. The van der Waals surface area contributed by atoms with Gasteiger partial charge in [0.15, 0.2) is 11.0 Å². The number of thioether (sulfide) groups is 1. The molecule has 6 nitrogen and oxygen atoms in total. The molecule has 156 valence electrons. The summed E-state index contributed by atoms with van der Waals surface area (Å²) >= 11 is 3.00. The molecule has 0 unspecified atom stereocenters. The summed E-state index contributed by atoms with van der Waals surface area (Å²) in [5.74, 6) is 0.990. The van der Waals surface area contributed by atoms with Crippen LogP contribution in [0.3, 0.4) is 0 Å². The third-order valence-electron chi connectivity index (χ3n) is 5.17. The minimum absolute atomic E-state index is 0.150. The van der Waals surface area contributed by atoms with E-state index in [4.69, 9.17) is 0 Å². The van der Waals surface area contributed by atoms with Crippen LogP contribution in [0.5, 0.6) is 0 Å². The minimum Gasteiger partial charge on any atom is -0.299 e. The van der Waals surface area contributed by atoms with E-state index in [1.165, 1.54) is 36.6 Å². The quantitative estimate of drug-likeness (QED) is 0.317. The number of rotatable bonds is 7. The molecular weight excluding hydrogens is 414 g/mol.